The Bertz CT molecular complexity index is 1400. The van der Waals surface area contributed by atoms with Gasteiger partial charge in [0, 0.05) is 20.3 Å². The van der Waals surface area contributed by atoms with Gasteiger partial charge < -0.3 is 29.3 Å². The van der Waals surface area contributed by atoms with Crippen LogP contribution in [-0.2, 0) is 27.3 Å². The van der Waals surface area contributed by atoms with E-state index in [-0.39, 0.29) is 24.6 Å². The van der Waals surface area contributed by atoms with Crippen LogP contribution in [0.4, 0.5) is 10.5 Å². The molecular formula is C28H35N5O6. The summed E-state index contributed by atoms with van der Waals surface area (Å²) in [6.45, 7) is 4.34. The van der Waals surface area contributed by atoms with Crippen molar-refractivity contribution in [1.82, 2.24) is 19.8 Å². The van der Waals surface area contributed by atoms with Crippen molar-refractivity contribution < 1.29 is 23.5 Å². The van der Waals surface area contributed by atoms with Crippen LogP contribution < -0.4 is 16.2 Å². The van der Waals surface area contributed by atoms with Crippen LogP contribution in [0, 0.1) is 5.92 Å². The summed E-state index contributed by atoms with van der Waals surface area (Å²) in [6.07, 6.45) is 5.16. The molecule has 0 saturated heterocycles. The number of rotatable bonds is 11. The number of allylic oxidation sites excluding steroid dienone is 1. The SMILES string of the molecule is COC(=O)NC(CCC=CC(=O)N(C)C)C(=O)Nc1cccn(Cc2nc3c(CC(C)C)cccc3o2)c1=O. The number of carbonyl (C=O) groups excluding carboxylic acids is 3. The van der Waals surface area contributed by atoms with Crippen LogP contribution in [0.15, 0.2) is 57.9 Å². The average Bonchev–Trinajstić information content (AvgIpc) is 3.31. The van der Waals surface area contributed by atoms with Gasteiger partial charge in [-0.05, 0) is 55.0 Å². The molecule has 3 rings (SSSR count). The highest BCUT2D eigenvalue weighted by Crippen LogP contribution is 2.22. The largest absolute Gasteiger partial charge is 0.453 e. The van der Waals surface area contributed by atoms with Gasteiger partial charge in [0.1, 0.15) is 23.8 Å². The highest BCUT2D eigenvalue weighted by molar-refractivity contribution is 5.96. The number of hydrogen-bond donors (Lipinski definition) is 2. The average molecular weight is 538 g/mol. The lowest BCUT2D eigenvalue weighted by Gasteiger charge is -2.17. The van der Waals surface area contributed by atoms with Gasteiger partial charge in [0.15, 0.2) is 5.58 Å². The van der Waals surface area contributed by atoms with Crippen LogP contribution in [0.5, 0.6) is 0 Å². The lowest BCUT2D eigenvalue weighted by molar-refractivity contribution is -0.123. The highest BCUT2D eigenvalue weighted by Gasteiger charge is 2.22. The Balaban J connectivity index is 1.75. The fourth-order valence-electron chi connectivity index (χ4n) is 3.91. The normalized spacial score (nSPS) is 12.1. The summed E-state index contributed by atoms with van der Waals surface area (Å²) >= 11 is 0. The zero-order chi connectivity index (χ0) is 28.5. The van der Waals surface area contributed by atoms with Gasteiger partial charge in [-0.25, -0.2) is 9.78 Å². The van der Waals surface area contributed by atoms with Gasteiger partial charge in [-0.3, -0.25) is 14.4 Å². The smallest absolute Gasteiger partial charge is 0.407 e. The van der Waals surface area contributed by atoms with Crippen molar-refractivity contribution in [2.45, 2.75) is 45.7 Å². The Morgan fingerprint density at radius 3 is 2.64 bits per heavy atom. The summed E-state index contributed by atoms with van der Waals surface area (Å²) in [5, 5.41) is 5.07. The fraction of sp³-hybridized carbons (Fsp3) is 0.393. The molecule has 0 bridgehead atoms. The van der Waals surface area contributed by atoms with Crippen LogP contribution in [0.3, 0.4) is 0 Å². The van der Waals surface area contributed by atoms with E-state index >= 15 is 0 Å². The molecule has 0 fully saturated rings. The van der Waals surface area contributed by atoms with Crippen molar-refractivity contribution in [3.63, 3.8) is 0 Å². The van der Waals surface area contributed by atoms with Crippen molar-refractivity contribution in [1.29, 1.82) is 0 Å². The highest BCUT2D eigenvalue weighted by atomic mass is 16.5. The van der Waals surface area contributed by atoms with E-state index in [1.54, 1.807) is 32.4 Å². The maximum Gasteiger partial charge on any atom is 0.407 e. The molecule has 0 aliphatic carbocycles. The van der Waals surface area contributed by atoms with Crippen LogP contribution in [-0.4, -0.2) is 59.6 Å². The van der Waals surface area contributed by atoms with Gasteiger partial charge in [-0.15, -0.1) is 0 Å². The molecule has 3 aromatic rings. The Morgan fingerprint density at radius 2 is 1.95 bits per heavy atom. The minimum atomic E-state index is -0.999. The number of para-hydroxylation sites is 1. The van der Waals surface area contributed by atoms with E-state index in [1.807, 2.05) is 18.2 Å². The van der Waals surface area contributed by atoms with Crippen LogP contribution in [0.1, 0.15) is 38.1 Å². The van der Waals surface area contributed by atoms with Gasteiger partial charge in [-0.1, -0.05) is 32.1 Å². The first-order valence-electron chi connectivity index (χ1n) is 12.7. The number of aromatic nitrogens is 2. The molecule has 0 aliphatic heterocycles. The molecule has 208 valence electrons. The van der Waals surface area contributed by atoms with Gasteiger partial charge in [0.2, 0.25) is 17.7 Å². The number of benzene rings is 1. The standard InChI is InChI=1S/C28H35N5O6/c1-18(2)16-19-10-8-13-22-25(19)31-23(39-22)17-33-15-9-12-21(27(33)36)29-26(35)20(30-28(37)38-5)11-6-7-14-24(34)32(3)4/h7-10,12-15,18,20H,6,11,16-17H2,1-5H3,(H,29,35)(H,30,37). The number of fused-ring (bicyclic) bond motifs is 1. The van der Waals surface area contributed by atoms with E-state index in [0.29, 0.717) is 23.8 Å². The van der Waals surface area contributed by atoms with E-state index in [4.69, 9.17) is 4.42 Å². The first-order valence-corrected chi connectivity index (χ1v) is 12.7. The van der Waals surface area contributed by atoms with Crippen molar-refractivity contribution in [3.8, 4) is 0 Å². The van der Waals surface area contributed by atoms with Crippen molar-refractivity contribution in [2.75, 3.05) is 26.5 Å². The molecule has 1 unspecified atom stereocenters. The topological polar surface area (TPSA) is 136 Å². The molecule has 3 amide bonds. The van der Waals surface area contributed by atoms with Crippen molar-refractivity contribution in [3.05, 3.63) is 70.5 Å². The molecule has 0 aliphatic rings. The van der Waals surface area contributed by atoms with E-state index in [2.05, 4.69) is 34.2 Å². The second-order valence-corrected chi connectivity index (χ2v) is 9.71. The molecule has 2 heterocycles. The molecule has 39 heavy (non-hydrogen) atoms. The number of methoxy groups -OCH3 is 1. The summed E-state index contributed by atoms with van der Waals surface area (Å²) < 4.78 is 11.9. The molecule has 2 aromatic heterocycles. The number of alkyl carbamates (subject to hydrolysis) is 1. The number of pyridine rings is 1. The molecule has 0 saturated carbocycles. The Kier molecular flexibility index (Phi) is 10.0. The number of likely N-dealkylation sites (N-methyl/N-ethyl adjacent to an activating group) is 1. The van der Waals surface area contributed by atoms with E-state index < -0.39 is 23.6 Å². The Morgan fingerprint density at radius 1 is 1.18 bits per heavy atom. The quantitative estimate of drug-likeness (QED) is 0.358. The number of nitrogens with zero attached hydrogens (tertiary/aromatic N) is 3. The van der Waals surface area contributed by atoms with Gasteiger partial charge in [-0.2, -0.15) is 0 Å². The third kappa shape index (κ3) is 8.03. The summed E-state index contributed by atoms with van der Waals surface area (Å²) in [5.41, 5.74) is 2.09. The predicted octanol–water partition coefficient (Wildman–Crippen LogP) is 3.32. The van der Waals surface area contributed by atoms with Gasteiger partial charge in [0.05, 0.1) is 7.11 Å². The van der Waals surface area contributed by atoms with E-state index in [1.165, 1.54) is 28.7 Å². The number of ether oxygens (including phenoxy) is 1. The fourth-order valence-corrected chi connectivity index (χ4v) is 3.91. The number of carbonyl (C=O) groups is 3. The lowest BCUT2D eigenvalue weighted by Crippen LogP contribution is -2.44. The summed E-state index contributed by atoms with van der Waals surface area (Å²) in [6, 6.07) is 7.89. The van der Waals surface area contributed by atoms with E-state index in [0.717, 1.165) is 17.5 Å². The predicted molar refractivity (Wildman–Crippen MR) is 147 cm³/mol. The minimum Gasteiger partial charge on any atom is -0.453 e. The minimum absolute atomic E-state index is 0.0362. The third-order valence-corrected chi connectivity index (χ3v) is 5.88. The molecule has 0 spiro atoms. The van der Waals surface area contributed by atoms with Gasteiger partial charge in [0.25, 0.3) is 5.56 Å². The molecule has 1 atom stereocenters. The first-order chi connectivity index (χ1) is 18.6. The second kappa shape index (κ2) is 13.4. The lowest BCUT2D eigenvalue weighted by atomic mass is 10.0. The Hall–Kier alpha value is -4.41. The molecule has 11 heteroatoms. The second-order valence-electron chi connectivity index (χ2n) is 9.71. The van der Waals surface area contributed by atoms with Crippen LogP contribution >= 0.6 is 0 Å². The van der Waals surface area contributed by atoms with Crippen molar-refractivity contribution in [2.24, 2.45) is 5.92 Å². The van der Waals surface area contributed by atoms with Crippen LogP contribution in [0.2, 0.25) is 0 Å². The number of nitrogens with one attached hydrogen (secondary N) is 2. The maximum atomic E-state index is 13.1. The van der Waals surface area contributed by atoms with Crippen LogP contribution in [0.25, 0.3) is 11.1 Å². The number of amides is 3. The number of oxazole rings is 1. The molecule has 2 N–H and O–H groups in total. The van der Waals surface area contributed by atoms with E-state index in [9.17, 15) is 19.2 Å². The summed E-state index contributed by atoms with van der Waals surface area (Å²) in [5.74, 6) is 0.0309. The maximum absolute atomic E-state index is 13.1. The molecule has 11 nitrogen and oxygen atoms in total. The molecule has 1 aromatic carbocycles. The third-order valence-electron chi connectivity index (χ3n) is 5.88. The zero-order valence-corrected chi connectivity index (χ0v) is 22.9. The summed E-state index contributed by atoms with van der Waals surface area (Å²) in [4.78, 5) is 55.7. The summed E-state index contributed by atoms with van der Waals surface area (Å²) in [7, 11) is 4.44. The zero-order valence-electron chi connectivity index (χ0n) is 22.9. The monoisotopic (exact) mass is 537 g/mol. The molecular weight excluding hydrogens is 502 g/mol. The first kappa shape index (κ1) is 29.2. The van der Waals surface area contributed by atoms with Gasteiger partial charge >= 0.3 is 6.09 Å². The number of hydrogen-bond acceptors (Lipinski definition) is 7. The van der Waals surface area contributed by atoms with Crippen molar-refractivity contribution >= 4 is 34.7 Å². The molecule has 0 radical (unpaired) electrons. The Labute approximate surface area is 226 Å². The number of anilines is 1.